The number of carbonyl (C=O) groups excluding carboxylic acids is 1. The summed E-state index contributed by atoms with van der Waals surface area (Å²) in [7, 11) is 5.48. The zero-order chi connectivity index (χ0) is 12.3. The molecular weight excluding hydrogens is 216 g/mol. The Balaban J connectivity index is 2.03. The largest absolute Gasteiger partial charge is 0.497 e. The molecule has 0 atom stereocenters. The minimum atomic E-state index is 0.0840. The fourth-order valence-corrected chi connectivity index (χ4v) is 1.87. The van der Waals surface area contributed by atoms with Crippen LogP contribution in [0, 0.1) is 7.05 Å². The van der Waals surface area contributed by atoms with Gasteiger partial charge in [0.1, 0.15) is 5.75 Å². The molecule has 0 spiro atoms. The van der Waals surface area contributed by atoms with E-state index < -0.39 is 0 Å². The van der Waals surface area contributed by atoms with Crippen LogP contribution in [-0.2, 0) is 0 Å². The molecule has 92 valence electrons. The van der Waals surface area contributed by atoms with Crippen LogP contribution in [0.5, 0.6) is 5.75 Å². The number of piperazine rings is 1. The number of nitrogens with zero attached hydrogens (tertiary/aromatic N) is 2. The Bertz CT molecular complexity index is 381. The Morgan fingerprint density at radius 2 is 1.76 bits per heavy atom. The second kappa shape index (κ2) is 5.19. The van der Waals surface area contributed by atoms with Crippen LogP contribution < -0.4 is 4.74 Å². The van der Waals surface area contributed by atoms with E-state index in [1.165, 1.54) is 0 Å². The molecule has 0 unspecified atom stereocenters. The molecule has 0 N–H and O–H groups in total. The highest BCUT2D eigenvalue weighted by Gasteiger charge is 2.18. The van der Waals surface area contributed by atoms with Crippen molar-refractivity contribution < 1.29 is 9.53 Å². The fourth-order valence-electron chi connectivity index (χ4n) is 1.87. The molecular formula is C13H17N2O2-. The average Bonchev–Trinajstić information content (AvgIpc) is 2.39. The highest BCUT2D eigenvalue weighted by Crippen LogP contribution is 2.14. The lowest BCUT2D eigenvalue weighted by molar-refractivity contribution is 0.0677. The van der Waals surface area contributed by atoms with Gasteiger partial charge < -0.3 is 14.5 Å². The molecule has 4 nitrogen and oxygen atoms in total. The number of ether oxygens (including phenoxy) is 1. The van der Waals surface area contributed by atoms with Crippen molar-refractivity contribution in [1.29, 1.82) is 0 Å². The normalized spacial score (nSPS) is 16.9. The van der Waals surface area contributed by atoms with Gasteiger partial charge in [-0.2, -0.15) is 0 Å². The number of hydrogen-bond donors (Lipinski definition) is 0. The summed E-state index contributed by atoms with van der Waals surface area (Å²) >= 11 is 0. The average molecular weight is 233 g/mol. The van der Waals surface area contributed by atoms with Crippen LogP contribution in [-0.4, -0.2) is 49.0 Å². The Hall–Kier alpha value is -1.55. The van der Waals surface area contributed by atoms with Crippen molar-refractivity contribution >= 4 is 5.91 Å². The molecule has 0 saturated carbocycles. The van der Waals surface area contributed by atoms with Gasteiger partial charge in [-0.1, -0.05) is 0 Å². The van der Waals surface area contributed by atoms with Gasteiger partial charge in [0.15, 0.2) is 0 Å². The molecule has 1 aromatic rings. The SMILES string of the molecule is [CH2-]N1CCN(C(=O)c2ccc(OC)cc2)CC1. The van der Waals surface area contributed by atoms with Crippen molar-refractivity contribution in [2.75, 3.05) is 33.3 Å². The molecule has 0 bridgehead atoms. The molecule has 2 rings (SSSR count). The molecule has 1 heterocycles. The minimum Gasteiger partial charge on any atom is -0.497 e. The molecule has 17 heavy (non-hydrogen) atoms. The maximum atomic E-state index is 12.2. The molecule has 0 aromatic heterocycles. The first-order valence-electron chi connectivity index (χ1n) is 5.69. The molecule has 1 amide bonds. The van der Waals surface area contributed by atoms with E-state index in [0.29, 0.717) is 5.56 Å². The van der Waals surface area contributed by atoms with Crippen LogP contribution in [0.15, 0.2) is 24.3 Å². The molecule has 0 aliphatic carbocycles. The maximum Gasteiger partial charge on any atom is 0.253 e. The summed E-state index contributed by atoms with van der Waals surface area (Å²) in [5.41, 5.74) is 0.711. The molecule has 1 aliphatic rings. The van der Waals surface area contributed by atoms with E-state index in [9.17, 15) is 4.79 Å². The van der Waals surface area contributed by atoms with Crippen molar-refractivity contribution in [1.82, 2.24) is 9.80 Å². The third kappa shape index (κ3) is 2.77. The van der Waals surface area contributed by atoms with Gasteiger partial charge >= 0.3 is 0 Å². The zero-order valence-electron chi connectivity index (χ0n) is 10.1. The number of rotatable bonds is 2. The Morgan fingerprint density at radius 1 is 1.18 bits per heavy atom. The first-order valence-corrected chi connectivity index (χ1v) is 5.69. The summed E-state index contributed by atoms with van der Waals surface area (Å²) in [6.45, 7) is 3.16. The van der Waals surface area contributed by atoms with Crippen molar-refractivity contribution in [3.8, 4) is 5.75 Å². The molecule has 1 saturated heterocycles. The summed E-state index contributed by atoms with van der Waals surface area (Å²) in [4.78, 5) is 16.0. The third-order valence-electron chi connectivity index (χ3n) is 3.00. The molecule has 1 fully saturated rings. The van der Waals surface area contributed by atoms with Crippen molar-refractivity contribution in [2.24, 2.45) is 0 Å². The van der Waals surface area contributed by atoms with Gasteiger partial charge in [-0.05, 0) is 37.4 Å². The van der Waals surface area contributed by atoms with Crippen molar-refractivity contribution in [3.63, 3.8) is 0 Å². The number of benzene rings is 1. The predicted molar refractivity (Wildman–Crippen MR) is 65.8 cm³/mol. The van der Waals surface area contributed by atoms with E-state index in [0.717, 1.165) is 31.9 Å². The number of methoxy groups -OCH3 is 1. The number of carbonyl (C=O) groups is 1. The number of hydrogen-bond acceptors (Lipinski definition) is 3. The monoisotopic (exact) mass is 233 g/mol. The van der Waals surface area contributed by atoms with Crippen LogP contribution in [0.25, 0.3) is 0 Å². The maximum absolute atomic E-state index is 12.2. The van der Waals surface area contributed by atoms with Gasteiger partial charge in [-0.3, -0.25) is 11.8 Å². The summed E-state index contributed by atoms with van der Waals surface area (Å²) in [5.74, 6) is 0.852. The first-order chi connectivity index (χ1) is 8.20. The zero-order valence-corrected chi connectivity index (χ0v) is 10.1. The Kier molecular flexibility index (Phi) is 3.64. The van der Waals surface area contributed by atoms with Crippen LogP contribution >= 0.6 is 0 Å². The van der Waals surface area contributed by atoms with Crippen molar-refractivity contribution in [3.05, 3.63) is 36.9 Å². The lowest BCUT2D eigenvalue weighted by atomic mass is 10.1. The van der Waals surface area contributed by atoms with Gasteiger partial charge in [0.25, 0.3) is 5.91 Å². The summed E-state index contributed by atoms with van der Waals surface area (Å²) in [5, 5.41) is 0. The first kappa shape index (κ1) is 11.9. The van der Waals surface area contributed by atoms with Gasteiger partial charge in [0.05, 0.1) is 7.11 Å². The Morgan fingerprint density at radius 3 is 2.29 bits per heavy atom. The van der Waals surface area contributed by atoms with E-state index >= 15 is 0 Å². The summed E-state index contributed by atoms with van der Waals surface area (Å²) < 4.78 is 5.07. The van der Waals surface area contributed by atoms with Crippen LogP contribution in [0.3, 0.4) is 0 Å². The molecule has 4 heteroatoms. The smallest absolute Gasteiger partial charge is 0.253 e. The van der Waals surface area contributed by atoms with E-state index in [-0.39, 0.29) is 5.91 Å². The van der Waals surface area contributed by atoms with Crippen molar-refractivity contribution in [2.45, 2.75) is 0 Å². The standard InChI is InChI=1S/C13H17N2O2/c1-14-7-9-15(10-8-14)13(16)11-3-5-12(17-2)6-4-11/h3-6H,1,7-10H2,2H3/q-1. The quantitative estimate of drug-likeness (QED) is 0.721. The predicted octanol–water partition coefficient (Wildman–Crippen LogP) is 1.24. The number of amides is 1. The van der Waals surface area contributed by atoms with E-state index in [1.807, 2.05) is 21.9 Å². The van der Waals surface area contributed by atoms with E-state index in [1.54, 1.807) is 19.2 Å². The lowest BCUT2D eigenvalue weighted by Gasteiger charge is -2.37. The Labute approximate surface area is 102 Å². The van der Waals surface area contributed by atoms with E-state index in [4.69, 9.17) is 4.74 Å². The third-order valence-corrected chi connectivity index (χ3v) is 3.00. The van der Waals surface area contributed by atoms with Crippen LogP contribution in [0.2, 0.25) is 0 Å². The van der Waals surface area contributed by atoms with Gasteiger partial charge in [0.2, 0.25) is 0 Å². The minimum absolute atomic E-state index is 0.0840. The second-order valence-electron chi connectivity index (χ2n) is 4.14. The van der Waals surface area contributed by atoms with E-state index in [2.05, 4.69) is 7.05 Å². The highest BCUT2D eigenvalue weighted by atomic mass is 16.5. The fraction of sp³-hybridized carbons (Fsp3) is 0.385. The molecule has 0 radical (unpaired) electrons. The summed E-state index contributed by atoms with van der Waals surface area (Å²) in [6, 6.07) is 7.23. The van der Waals surface area contributed by atoms with Crippen LogP contribution in [0.4, 0.5) is 0 Å². The highest BCUT2D eigenvalue weighted by molar-refractivity contribution is 5.94. The lowest BCUT2D eigenvalue weighted by Crippen LogP contribution is -2.46. The van der Waals surface area contributed by atoms with Gasteiger partial charge in [-0.25, -0.2) is 0 Å². The van der Waals surface area contributed by atoms with Gasteiger partial charge in [0, 0.05) is 18.7 Å². The van der Waals surface area contributed by atoms with Crippen LogP contribution in [0.1, 0.15) is 10.4 Å². The topological polar surface area (TPSA) is 32.8 Å². The molecule has 1 aliphatic heterocycles. The summed E-state index contributed by atoms with van der Waals surface area (Å²) in [6.07, 6.45) is 0. The second-order valence-corrected chi connectivity index (χ2v) is 4.14. The molecule has 1 aromatic carbocycles. The van der Waals surface area contributed by atoms with Gasteiger partial charge in [-0.15, -0.1) is 0 Å².